The van der Waals surface area contributed by atoms with Crippen LogP contribution in [-0.2, 0) is 15.1 Å². The van der Waals surface area contributed by atoms with Crippen LogP contribution in [0.1, 0.15) is 5.56 Å². The average Bonchev–Trinajstić information content (AvgIpc) is 2.45. The van der Waals surface area contributed by atoms with Crippen molar-refractivity contribution in [1.29, 1.82) is 0 Å². The van der Waals surface area contributed by atoms with E-state index in [1.54, 1.807) is 0 Å². The maximum Gasteiger partial charge on any atom is 0.359 e. The summed E-state index contributed by atoms with van der Waals surface area (Å²) < 4.78 is 10.8. The number of esters is 1. The van der Waals surface area contributed by atoms with Gasteiger partial charge in [-0.05, 0) is 12.1 Å². The fraction of sp³-hybridized carbons (Fsp3) is 0.133. The number of hydrogen-bond donors (Lipinski definition) is 0. The molecule has 90 valence electrons. The van der Waals surface area contributed by atoms with E-state index in [0.717, 1.165) is 5.56 Å². The van der Waals surface area contributed by atoms with Gasteiger partial charge < -0.3 is 9.47 Å². The summed E-state index contributed by atoms with van der Waals surface area (Å²) in [5.74, 6) is 0.329. The average molecular weight is 240 g/mol. The zero-order chi connectivity index (χ0) is 12.4. The lowest BCUT2D eigenvalue weighted by Gasteiger charge is -2.39. The van der Waals surface area contributed by atoms with Crippen LogP contribution in [0.2, 0.25) is 0 Å². The number of benzene rings is 2. The van der Waals surface area contributed by atoms with E-state index >= 15 is 0 Å². The van der Waals surface area contributed by atoms with Gasteiger partial charge >= 0.3 is 5.97 Å². The smallest absolute Gasteiger partial charge is 0.359 e. The number of rotatable bonds is 3. The molecule has 1 atom stereocenters. The molecular weight excluding hydrogens is 228 g/mol. The maximum absolute atomic E-state index is 11.8. The van der Waals surface area contributed by atoms with Crippen LogP contribution in [0, 0.1) is 0 Å². The molecule has 0 bridgehead atoms. The molecule has 0 spiro atoms. The van der Waals surface area contributed by atoms with Crippen LogP contribution in [0.5, 0.6) is 5.75 Å². The van der Waals surface area contributed by atoms with Crippen molar-refractivity contribution < 1.29 is 14.3 Å². The SMILES string of the molecule is O=C1OCC1(Oc1ccccc1)c1ccccc1. The normalized spacial score (nSPS) is 21.9. The molecule has 2 aromatic carbocycles. The molecule has 3 heteroatoms. The fourth-order valence-electron chi connectivity index (χ4n) is 1.99. The first-order valence-corrected chi connectivity index (χ1v) is 5.78. The van der Waals surface area contributed by atoms with Crippen LogP contribution in [0.3, 0.4) is 0 Å². The van der Waals surface area contributed by atoms with Gasteiger partial charge in [0.25, 0.3) is 5.60 Å². The first-order chi connectivity index (χ1) is 8.81. The summed E-state index contributed by atoms with van der Waals surface area (Å²) >= 11 is 0. The van der Waals surface area contributed by atoms with Crippen LogP contribution >= 0.6 is 0 Å². The number of cyclic esters (lactones) is 1. The first kappa shape index (κ1) is 10.8. The number of ether oxygens (including phenoxy) is 2. The highest BCUT2D eigenvalue weighted by Crippen LogP contribution is 2.36. The summed E-state index contributed by atoms with van der Waals surface area (Å²) in [4.78, 5) is 11.8. The van der Waals surface area contributed by atoms with E-state index in [1.807, 2.05) is 60.7 Å². The van der Waals surface area contributed by atoms with Gasteiger partial charge in [-0.25, -0.2) is 4.79 Å². The molecule has 0 N–H and O–H groups in total. The van der Waals surface area contributed by atoms with Crippen LogP contribution in [0.25, 0.3) is 0 Å². The molecule has 0 aromatic heterocycles. The Hall–Kier alpha value is -2.29. The predicted octanol–water partition coefficient (Wildman–Crippen LogP) is 2.52. The highest BCUT2D eigenvalue weighted by Gasteiger charge is 2.53. The van der Waals surface area contributed by atoms with E-state index in [1.165, 1.54) is 0 Å². The topological polar surface area (TPSA) is 35.5 Å². The maximum atomic E-state index is 11.8. The van der Waals surface area contributed by atoms with Crippen molar-refractivity contribution in [2.24, 2.45) is 0 Å². The van der Waals surface area contributed by atoms with Gasteiger partial charge in [0.15, 0.2) is 0 Å². The van der Waals surface area contributed by atoms with E-state index in [0.29, 0.717) is 5.75 Å². The van der Waals surface area contributed by atoms with E-state index in [-0.39, 0.29) is 12.6 Å². The van der Waals surface area contributed by atoms with Gasteiger partial charge in [0.1, 0.15) is 12.4 Å². The van der Waals surface area contributed by atoms with Crippen LogP contribution in [-0.4, -0.2) is 12.6 Å². The Morgan fingerprint density at radius 2 is 1.56 bits per heavy atom. The largest absolute Gasteiger partial charge is 0.467 e. The third kappa shape index (κ3) is 1.64. The molecule has 1 saturated heterocycles. The molecule has 0 amide bonds. The molecular formula is C15H12O3. The van der Waals surface area contributed by atoms with Crippen LogP contribution in [0.15, 0.2) is 60.7 Å². The Kier molecular flexibility index (Phi) is 2.52. The quantitative estimate of drug-likeness (QED) is 0.773. The zero-order valence-corrected chi connectivity index (χ0v) is 9.71. The summed E-state index contributed by atoms with van der Waals surface area (Å²) in [6.07, 6.45) is 0. The van der Waals surface area contributed by atoms with Crippen molar-refractivity contribution in [3.63, 3.8) is 0 Å². The predicted molar refractivity (Wildman–Crippen MR) is 66.1 cm³/mol. The molecule has 18 heavy (non-hydrogen) atoms. The van der Waals surface area contributed by atoms with E-state index in [2.05, 4.69) is 0 Å². The van der Waals surface area contributed by atoms with Crippen molar-refractivity contribution >= 4 is 5.97 Å². The monoisotopic (exact) mass is 240 g/mol. The van der Waals surface area contributed by atoms with Crippen molar-refractivity contribution in [3.05, 3.63) is 66.2 Å². The fourth-order valence-corrected chi connectivity index (χ4v) is 1.99. The second kappa shape index (κ2) is 4.18. The Labute approximate surface area is 105 Å². The lowest BCUT2D eigenvalue weighted by molar-refractivity contribution is -0.200. The summed E-state index contributed by atoms with van der Waals surface area (Å²) in [6, 6.07) is 18.7. The van der Waals surface area contributed by atoms with Gasteiger partial charge in [0.05, 0.1) is 0 Å². The summed E-state index contributed by atoms with van der Waals surface area (Å²) in [6.45, 7) is 0.255. The lowest BCUT2D eigenvalue weighted by Crippen LogP contribution is -2.56. The molecule has 3 nitrogen and oxygen atoms in total. The Morgan fingerprint density at radius 3 is 2.06 bits per heavy atom. The minimum atomic E-state index is -0.984. The van der Waals surface area contributed by atoms with Gasteiger partial charge in [0, 0.05) is 5.56 Å². The summed E-state index contributed by atoms with van der Waals surface area (Å²) in [5, 5.41) is 0. The minimum Gasteiger partial charge on any atom is -0.467 e. The molecule has 1 heterocycles. The second-order valence-electron chi connectivity index (χ2n) is 4.18. The van der Waals surface area contributed by atoms with Crippen molar-refractivity contribution in [2.75, 3.05) is 6.61 Å². The van der Waals surface area contributed by atoms with Gasteiger partial charge in [-0.2, -0.15) is 0 Å². The van der Waals surface area contributed by atoms with Crippen LogP contribution < -0.4 is 4.74 Å². The van der Waals surface area contributed by atoms with Crippen molar-refractivity contribution in [3.8, 4) is 5.75 Å². The molecule has 0 aliphatic carbocycles. The number of carbonyl (C=O) groups is 1. The van der Waals surface area contributed by atoms with E-state index in [4.69, 9.17) is 9.47 Å². The Balaban J connectivity index is 1.96. The van der Waals surface area contributed by atoms with Crippen LogP contribution in [0.4, 0.5) is 0 Å². The molecule has 0 saturated carbocycles. The van der Waals surface area contributed by atoms with Gasteiger partial charge in [-0.3, -0.25) is 0 Å². The van der Waals surface area contributed by atoms with E-state index < -0.39 is 5.60 Å². The van der Waals surface area contributed by atoms with Gasteiger partial charge in [-0.1, -0.05) is 48.5 Å². The Bertz CT molecular complexity index is 550. The highest BCUT2D eigenvalue weighted by molar-refractivity contribution is 5.86. The molecule has 3 rings (SSSR count). The standard InChI is InChI=1S/C15H12O3/c16-14-15(11-17-14,12-7-3-1-4-8-12)18-13-9-5-2-6-10-13/h1-10H,11H2. The van der Waals surface area contributed by atoms with Gasteiger partial charge in [-0.15, -0.1) is 0 Å². The molecule has 1 fully saturated rings. The summed E-state index contributed by atoms with van der Waals surface area (Å²) in [7, 11) is 0. The summed E-state index contributed by atoms with van der Waals surface area (Å²) in [5.41, 5.74) is -0.159. The second-order valence-corrected chi connectivity index (χ2v) is 4.18. The Morgan fingerprint density at radius 1 is 0.944 bits per heavy atom. The third-order valence-electron chi connectivity index (χ3n) is 3.01. The van der Waals surface area contributed by atoms with Crippen molar-refractivity contribution in [2.45, 2.75) is 5.60 Å². The minimum absolute atomic E-state index is 0.255. The number of hydrogen-bond acceptors (Lipinski definition) is 3. The molecule has 1 aliphatic heterocycles. The number of carbonyl (C=O) groups excluding carboxylic acids is 1. The molecule has 1 aliphatic rings. The third-order valence-corrected chi connectivity index (χ3v) is 3.01. The molecule has 1 unspecified atom stereocenters. The van der Waals surface area contributed by atoms with Crippen molar-refractivity contribution in [1.82, 2.24) is 0 Å². The van der Waals surface area contributed by atoms with Gasteiger partial charge in [0.2, 0.25) is 0 Å². The molecule has 0 radical (unpaired) electrons. The zero-order valence-electron chi connectivity index (χ0n) is 9.71. The lowest BCUT2D eigenvalue weighted by atomic mass is 9.91. The first-order valence-electron chi connectivity index (χ1n) is 5.78. The number of para-hydroxylation sites is 1. The highest BCUT2D eigenvalue weighted by atomic mass is 16.6. The molecule has 2 aromatic rings. The van der Waals surface area contributed by atoms with E-state index in [9.17, 15) is 4.79 Å².